The lowest BCUT2D eigenvalue weighted by atomic mass is 10.0. The van der Waals surface area contributed by atoms with Crippen LogP contribution < -0.4 is 11.2 Å². The Morgan fingerprint density at radius 1 is 1.09 bits per heavy atom. The minimum atomic E-state index is -4.09. The summed E-state index contributed by atoms with van der Waals surface area (Å²) in [5.41, 5.74) is 0.929. The summed E-state index contributed by atoms with van der Waals surface area (Å²) in [7, 11) is -4.09. The SMILES string of the molecule is CC(C)[C@H](C(=O)ON)N(CCN1CCOCC1)S(=O)(=O)c1ccc(NC(=O)c2ccccc2)cc1. The molecule has 0 bridgehead atoms. The van der Waals surface area contributed by atoms with Gasteiger partial charge in [-0.1, -0.05) is 32.0 Å². The van der Waals surface area contributed by atoms with Crippen molar-refractivity contribution in [1.29, 1.82) is 0 Å². The van der Waals surface area contributed by atoms with Crippen molar-refractivity contribution in [3.05, 3.63) is 60.2 Å². The molecule has 0 radical (unpaired) electrons. The van der Waals surface area contributed by atoms with E-state index in [1.54, 1.807) is 38.1 Å². The highest BCUT2D eigenvalue weighted by Gasteiger charge is 2.39. The van der Waals surface area contributed by atoms with Crippen molar-refractivity contribution in [3.8, 4) is 0 Å². The van der Waals surface area contributed by atoms with Gasteiger partial charge in [-0.2, -0.15) is 10.2 Å². The Kier molecular flexibility index (Phi) is 9.35. The monoisotopic (exact) mass is 504 g/mol. The van der Waals surface area contributed by atoms with E-state index in [1.807, 2.05) is 6.07 Å². The predicted molar refractivity (Wildman–Crippen MR) is 131 cm³/mol. The third-order valence-electron chi connectivity index (χ3n) is 5.79. The van der Waals surface area contributed by atoms with Gasteiger partial charge in [0.25, 0.3) is 5.91 Å². The maximum absolute atomic E-state index is 13.7. The van der Waals surface area contributed by atoms with Crippen molar-refractivity contribution in [2.24, 2.45) is 11.8 Å². The number of nitrogens with two attached hydrogens (primary N) is 1. The Morgan fingerprint density at radius 2 is 1.71 bits per heavy atom. The number of carbonyl (C=O) groups excluding carboxylic acids is 2. The van der Waals surface area contributed by atoms with Crippen molar-refractivity contribution in [1.82, 2.24) is 9.21 Å². The molecule has 0 spiro atoms. The van der Waals surface area contributed by atoms with E-state index in [-0.39, 0.29) is 23.3 Å². The summed E-state index contributed by atoms with van der Waals surface area (Å²) in [6.07, 6.45) is 0. The van der Waals surface area contributed by atoms with E-state index in [2.05, 4.69) is 15.1 Å². The number of nitrogens with zero attached hydrogens (tertiary/aromatic N) is 2. The molecule has 2 aromatic carbocycles. The van der Waals surface area contributed by atoms with Gasteiger partial charge < -0.3 is 14.9 Å². The Morgan fingerprint density at radius 3 is 2.29 bits per heavy atom. The van der Waals surface area contributed by atoms with Crippen LogP contribution in [0.4, 0.5) is 5.69 Å². The molecule has 1 aliphatic heterocycles. The second kappa shape index (κ2) is 12.2. The fourth-order valence-electron chi connectivity index (χ4n) is 3.90. The smallest absolute Gasteiger partial charge is 0.343 e. The molecule has 2 aromatic rings. The first-order chi connectivity index (χ1) is 16.7. The molecular formula is C24H32N4O6S. The van der Waals surface area contributed by atoms with Gasteiger partial charge in [-0.15, -0.1) is 0 Å². The zero-order chi connectivity index (χ0) is 25.4. The lowest BCUT2D eigenvalue weighted by Gasteiger charge is -2.34. The van der Waals surface area contributed by atoms with Gasteiger partial charge in [-0.3, -0.25) is 9.69 Å². The van der Waals surface area contributed by atoms with Gasteiger partial charge in [0, 0.05) is 37.4 Å². The standard InChI is InChI=1S/C24H32N4O6S/c1-18(2)22(24(30)34-25)28(13-12-27-14-16-33-17-15-27)35(31,32)21-10-8-20(9-11-21)26-23(29)19-6-4-3-5-7-19/h3-11,18,22H,12-17,25H2,1-2H3,(H,26,29)/t22-/m1/s1. The van der Waals surface area contributed by atoms with Crippen molar-refractivity contribution in [3.63, 3.8) is 0 Å². The number of hydrogen-bond donors (Lipinski definition) is 2. The number of anilines is 1. The molecule has 11 heteroatoms. The first-order valence-electron chi connectivity index (χ1n) is 11.4. The van der Waals surface area contributed by atoms with Crippen LogP contribution >= 0.6 is 0 Å². The quantitative estimate of drug-likeness (QED) is 0.468. The Bertz CT molecular complexity index is 1090. The summed E-state index contributed by atoms with van der Waals surface area (Å²) < 4.78 is 33.9. The summed E-state index contributed by atoms with van der Waals surface area (Å²) >= 11 is 0. The van der Waals surface area contributed by atoms with Crippen LogP contribution in [-0.2, 0) is 24.4 Å². The van der Waals surface area contributed by atoms with E-state index in [1.165, 1.54) is 24.3 Å². The summed E-state index contributed by atoms with van der Waals surface area (Å²) in [6, 6.07) is 13.4. The van der Waals surface area contributed by atoms with Crippen LogP contribution in [0.25, 0.3) is 0 Å². The largest absolute Gasteiger partial charge is 0.379 e. The van der Waals surface area contributed by atoms with E-state index < -0.39 is 22.0 Å². The Balaban J connectivity index is 1.83. The van der Waals surface area contributed by atoms with E-state index in [9.17, 15) is 18.0 Å². The molecule has 190 valence electrons. The maximum atomic E-state index is 13.7. The molecule has 3 rings (SSSR count). The number of carbonyl (C=O) groups is 2. The van der Waals surface area contributed by atoms with Gasteiger partial charge in [-0.05, 0) is 42.3 Å². The predicted octanol–water partition coefficient (Wildman–Crippen LogP) is 1.70. The zero-order valence-corrected chi connectivity index (χ0v) is 20.7. The lowest BCUT2D eigenvalue weighted by Crippen LogP contribution is -2.52. The van der Waals surface area contributed by atoms with Gasteiger partial charge in [0.15, 0.2) is 0 Å². The van der Waals surface area contributed by atoms with Gasteiger partial charge in [-0.25, -0.2) is 13.2 Å². The van der Waals surface area contributed by atoms with Crippen LogP contribution in [0.3, 0.4) is 0 Å². The van der Waals surface area contributed by atoms with E-state index in [0.29, 0.717) is 44.1 Å². The van der Waals surface area contributed by atoms with Gasteiger partial charge in [0.05, 0.1) is 18.1 Å². The van der Waals surface area contributed by atoms with Crippen LogP contribution in [0.5, 0.6) is 0 Å². The first kappa shape index (κ1) is 26.8. The number of benzene rings is 2. The Labute approximate surface area is 206 Å². The number of hydrogen-bond acceptors (Lipinski definition) is 8. The molecule has 0 aliphatic carbocycles. The average Bonchev–Trinajstić information content (AvgIpc) is 2.87. The molecule has 1 amide bonds. The molecule has 35 heavy (non-hydrogen) atoms. The van der Waals surface area contributed by atoms with Crippen molar-refractivity contribution < 1.29 is 27.6 Å². The molecule has 10 nitrogen and oxygen atoms in total. The fourth-order valence-corrected chi connectivity index (χ4v) is 5.61. The molecule has 0 saturated carbocycles. The summed E-state index contributed by atoms with van der Waals surface area (Å²) in [4.78, 5) is 31.4. The van der Waals surface area contributed by atoms with Gasteiger partial charge >= 0.3 is 5.97 Å². The molecule has 3 N–H and O–H groups in total. The third-order valence-corrected chi connectivity index (χ3v) is 7.69. The molecule has 0 aromatic heterocycles. The molecule has 1 aliphatic rings. The molecule has 1 fully saturated rings. The zero-order valence-electron chi connectivity index (χ0n) is 19.9. The van der Waals surface area contributed by atoms with Crippen molar-refractivity contribution in [2.45, 2.75) is 24.8 Å². The van der Waals surface area contributed by atoms with Crippen molar-refractivity contribution in [2.75, 3.05) is 44.7 Å². The highest BCUT2D eigenvalue weighted by Crippen LogP contribution is 2.24. The molecule has 1 saturated heterocycles. The van der Waals surface area contributed by atoms with Gasteiger partial charge in [0.2, 0.25) is 10.0 Å². The Hall–Kier alpha value is -2.83. The summed E-state index contributed by atoms with van der Waals surface area (Å²) in [5, 5.41) is 2.75. The number of ether oxygens (including phenoxy) is 1. The average molecular weight is 505 g/mol. The minimum absolute atomic E-state index is 0.00680. The van der Waals surface area contributed by atoms with Crippen LogP contribution in [0, 0.1) is 5.92 Å². The van der Waals surface area contributed by atoms with Crippen LogP contribution in [0.2, 0.25) is 0 Å². The summed E-state index contributed by atoms with van der Waals surface area (Å²) in [5.74, 6) is 3.64. The highest BCUT2D eigenvalue weighted by atomic mass is 32.2. The number of morpholine rings is 1. The first-order valence-corrected chi connectivity index (χ1v) is 12.9. The number of amides is 1. The summed E-state index contributed by atoms with van der Waals surface area (Å²) in [6.45, 7) is 6.47. The van der Waals surface area contributed by atoms with Gasteiger partial charge in [0.1, 0.15) is 6.04 Å². The van der Waals surface area contributed by atoms with Crippen LogP contribution in [-0.4, -0.2) is 74.9 Å². The highest BCUT2D eigenvalue weighted by molar-refractivity contribution is 7.89. The van der Waals surface area contributed by atoms with E-state index in [0.717, 1.165) is 4.31 Å². The molecule has 1 atom stereocenters. The fraction of sp³-hybridized carbons (Fsp3) is 0.417. The second-order valence-corrected chi connectivity index (χ2v) is 10.4. The van der Waals surface area contributed by atoms with E-state index in [4.69, 9.17) is 10.6 Å². The molecule has 1 heterocycles. The number of nitrogens with one attached hydrogen (secondary N) is 1. The number of rotatable bonds is 10. The normalized spacial score (nSPS) is 15.7. The van der Waals surface area contributed by atoms with Crippen molar-refractivity contribution >= 4 is 27.6 Å². The third kappa shape index (κ3) is 6.86. The molecule has 0 unspecified atom stereocenters. The van der Waals surface area contributed by atoms with Crippen LogP contribution in [0.1, 0.15) is 24.2 Å². The lowest BCUT2D eigenvalue weighted by molar-refractivity contribution is -0.150. The van der Waals surface area contributed by atoms with E-state index >= 15 is 0 Å². The molecular weight excluding hydrogens is 472 g/mol. The maximum Gasteiger partial charge on any atom is 0.343 e. The number of sulfonamides is 1. The second-order valence-electron chi connectivity index (χ2n) is 8.54. The minimum Gasteiger partial charge on any atom is -0.379 e. The topological polar surface area (TPSA) is 131 Å². The van der Waals surface area contributed by atoms with Crippen LogP contribution in [0.15, 0.2) is 59.5 Å².